The van der Waals surface area contributed by atoms with Crippen LogP contribution in [0.25, 0.3) is 0 Å². The maximum Gasteiger partial charge on any atom is 0.240 e. The number of hydrogen-bond donors (Lipinski definition) is 1. The molecular formula is C14H14Cl2N2O2. The zero-order valence-corrected chi connectivity index (χ0v) is 12.6. The number of rotatable bonds is 5. The molecule has 0 aliphatic carbocycles. The Kier molecular flexibility index (Phi) is 4.93. The van der Waals surface area contributed by atoms with Gasteiger partial charge in [0.15, 0.2) is 0 Å². The standard InChI is InChI=1S/C14H14Cl2N2O2/c1-3-19-9-5-4-6-10(7-9)20-14-12(16)8-11(15)13(17-2)18-14/h4-8H,3H2,1-2H3,(H,17,18). The summed E-state index contributed by atoms with van der Waals surface area (Å²) < 4.78 is 11.1. The van der Waals surface area contributed by atoms with Crippen molar-refractivity contribution in [2.75, 3.05) is 19.0 Å². The molecule has 6 heteroatoms. The maximum absolute atomic E-state index is 6.08. The third kappa shape index (κ3) is 3.46. The fraction of sp³-hybridized carbons (Fsp3) is 0.214. The molecule has 1 N–H and O–H groups in total. The van der Waals surface area contributed by atoms with Crippen LogP contribution in [0.1, 0.15) is 6.92 Å². The first-order valence-corrected chi connectivity index (χ1v) is 6.84. The molecule has 106 valence electrons. The largest absolute Gasteiger partial charge is 0.494 e. The number of aromatic nitrogens is 1. The lowest BCUT2D eigenvalue weighted by molar-refractivity contribution is 0.338. The first-order valence-electron chi connectivity index (χ1n) is 6.08. The fourth-order valence-electron chi connectivity index (χ4n) is 1.60. The van der Waals surface area contributed by atoms with Gasteiger partial charge in [0.05, 0.1) is 11.6 Å². The van der Waals surface area contributed by atoms with E-state index in [1.165, 1.54) is 0 Å². The smallest absolute Gasteiger partial charge is 0.240 e. The Morgan fingerprint density at radius 3 is 2.60 bits per heavy atom. The van der Waals surface area contributed by atoms with E-state index >= 15 is 0 Å². The lowest BCUT2D eigenvalue weighted by Gasteiger charge is -2.11. The van der Waals surface area contributed by atoms with Crippen molar-refractivity contribution < 1.29 is 9.47 Å². The molecule has 4 nitrogen and oxygen atoms in total. The van der Waals surface area contributed by atoms with Crippen LogP contribution in [0.4, 0.5) is 5.82 Å². The number of halogens is 2. The quantitative estimate of drug-likeness (QED) is 0.874. The second-order valence-electron chi connectivity index (χ2n) is 3.87. The highest BCUT2D eigenvalue weighted by atomic mass is 35.5. The second kappa shape index (κ2) is 6.68. The third-order valence-corrected chi connectivity index (χ3v) is 3.02. The van der Waals surface area contributed by atoms with Crippen LogP contribution in [0.15, 0.2) is 30.3 Å². The zero-order valence-electron chi connectivity index (χ0n) is 11.1. The van der Waals surface area contributed by atoms with E-state index in [1.807, 2.05) is 19.1 Å². The molecule has 0 unspecified atom stereocenters. The predicted molar refractivity (Wildman–Crippen MR) is 81.5 cm³/mol. The molecule has 0 atom stereocenters. The molecule has 0 radical (unpaired) electrons. The summed E-state index contributed by atoms with van der Waals surface area (Å²) in [6, 6.07) is 8.85. The summed E-state index contributed by atoms with van der Waals surface area (Å²) >= 11 is 12.1. The highest BCUT2D eigenvalue weighted by molar-refractivity contribution is 6.36. The lowest BCUT2D eigenvalue weighted by atomic mass is 10.3. The molecule has 1 aromatic carbocycles. The summed E-state index contributed by atoms with van der Waals surface area (Å²) in [4.78, 5) is 4.22. The Hall–Kier alpha value is -1.65. The van der Waals surface area contributed by atoms with E-state index in [0.717, 1.165) is 5.75 Å². The molecule has 2 rings (SSSR count). The van der Waals surface area contributed by atoms with Crippen molar-refractivity contribution in [2.24, 2.45) is 0 Å². The van der Waals surface area contributed by atoms with Gasteiger partial charge in [0.1, 0.15) is 22.3 Å². The topological polar surface area (TPSA) is 43.4 Å². The van der Waals surface area contributed by atoms with Crippen molar-refractivity contribution >= 4 is 29.0 Å². The molecule has 0 saturated carbocycles. The highest BCUT2D eigenvalue weighted by Gasteiger charge is 2.11. The van der Waals surface area contributed by atoms with Crippen LogP contribution in [0, 0.1) is 0 Å². The number of benzene rings is 1. The van der Waals surface area contributed by atoms with Gasteiger partial charge in [-0.3, -0.25) is 0 Å². The summed E-state index contributed by atoms with van der Waals surface area (Å²) in [6.07, 6.45) is 0. The molecule has 0 spiro atoms. The first-order chi connectivity index (χ1) is 9.63. The van der Waals surface area contributed by atoms with Gasteiger partial charge < -0.3 is 14.8 Å². The van der Waals surface area contributed by atoms with Crippen molar-refractivity contribution in [1.82, 2.24) is 4.98 Å². The Bertz CT molecular complexity index is 606. The van der Waals surface area contributed by atoms with Crippen LogP contribution in [0.5, 0.6) is 17.4 Å². The predicted octanol–water partition coefficient (Wildman–Crippen LogP) is 4.62. The molecule has 20 heavy (non-hydrogen) atoms. The van der Waals surface area contributed by atoms with Crippen molar-refractivity contribution in [1.29, 1.82) is 0 Å². The van der Waals surface area contributed by atoms with Crippen molar-refractivity contribution in [3.05, 3.63) is 40.4 Å². The number of nitrogens with zero attached hydrogens (tertiary/aromatic N) is 1. The number of anilines is 1. The molecule has 0 amide bonds. The van der Waals surface area contributed by atoms with Crippen LogP contribution in [0.3, 0.4) is 0 Å². The van der Waals surface area contributed by atoms with Gasteiger partial charge in [0.25, 0.3) is 0 Å². The van der Waals surface area contributed by atoms with Crippen molar-refractivity contribution in [3.63, 3.8) is 0 Å². The minimum atomic E-state index is 0.286. The Labute approximate surface area is 127 Å². The normalized spacial score (nSPS) is 10.2. The molecular weight excluding hydrogens is 299 g/mol. The summed E-state index contributed by atoms with van der Waals surface area (Å²) in [5, 5.41) is 3.66. The van der Waals surface area contributed by atoms with E-state index in [9.17, 15) is 0 Å². The van der Waals surface area contributed by atoms with E-state index in [2.05, 4.69) is 10.3 Å². The van der Waals surface area contributed by atoms with Gasteiger partial charge in [-0.05, 0) is 25.1 Å². The minimum absolute atomic E-state index is 0.286. The lowest BCUT2D eigenvalue weighted by Crippen LogP contribution is -1.97. The van der Waals surface area contributed by atoms with Gasteiger partial charge in [-0.2, -0.15) is 4.98 Å². The zero-order chi connectivity index (χ0) is 14.5. The van der Waals surface area contributed by atoms with E-state index in [4.69, 9.17) is 32.7 Å². The van der Waals surface area contributed by atoms with Gasteiger partial charge >= 0.3 is 0 Å². The molecule has 0 aliphatic rings. The van der Waals surface area contributed by atoms with Crippen LogP contribution in [-0.4, -0.2) is 18.6 Å². The van der Waals surface area contributed by atoms with Crippen LogP contribution >= 0.6 is 23.2 Å². The summed E-state index contributed by atoms with van der Waals surface area (Å²) in [5.74, 6) is 2.11. The van der Waals surface area contributed by atoms with Crippen LogP contribution in [0.2, 0.25) is 10.0 Å². The van der Waals surface area contributed by atoms with Gasteiger partial charge in [0.2, 0.25) is 5.88 Å². The van der Waals surface area contributed by atoms with E-state index < -0.39 is 0 Å². The second-order valence-corrected chi connectivity index (χ2v) is 4.68. The maximum atomic E-state index is 6.08. The van der Waals surface area contributed by atoms with Gasteiger partial charge in [0, 0.05) is 13.1 Å². The average Bonchev–Trinajstić information content (AvgIpc) is 2.43. The summed E-state index contributed by atoms with van der Waals surface area (Å²) in [6.45, 7) is 2.51. The third-order valence-electron chi connectivity index (χ3n) is 2.47. The molecule has 2 aromatic rings. The average molecular weight is 313 g/mol. The summed E-state index contributed by atoms with van der Waals surface area (Å²) in [5.41, 5.74) is 0. The molecule has 0 bridgehead atoms. The number of hydrogen-bond acceptors (Lipinski definition) is 4. The fourth-order valence-corrected chi connectivity index (χ4v) is 2.09. The van der Waals surface area contributed by atoms with Crippen molar-refractivity contribution in [2.45, 2.75) is 6.92 Å². The van der Waals surface area contributed by atoms with Gasteiger partial charge in [-0.1, -0.05) is 29.3 Å². The van der Waals surface area contributed by atoms with Crippen LogP contribution in [-0.2, 0) is 0 Å². The molecule has 0 aliphatic heterocycles. The Balaban J connectivity index is 2.27. The monoisotopic (exact) mass is 312 g/mol. The van der Waals surface area contributed by atoms with Gasteiger partial charge in [-0.25, -0.2) is 0 Å². The Morgan fingerprint density at radius 1 is 1.15 bits per heavy atom. The van der Waals surface area contributed by atoms with E-state index in [0.29, 0.717) is 28.2 Å². The van der Waals surface area contributed by atoms with E-state index in [1.54, 1.807) is 25.2 Å². The molecule has 1 aromatic heterocycles. The minimum Gasteiger partial charge on any atom is -0.494 e. The first kappa shape index (κ1) is 14.8. The SMILES string of the molecule is CCOc1cccc(Oc2nc(NC)c(Cl)cc2Cl)c1. The number of ether oxygens (including phenoxy) is 2. The highest BCUT2D eigenvalue weighted by Crippen LogP contribution is 2.34. The number of pyridine rings is 1. The molecule has 1 heterocycles. The summed E-state index contributed by atoms with van der Waals surface area (Å²) in [7, 11) is 1.72. The van der Waals surface area contributed by atoms with Gasteiger partial charge in [-0.15, -0.1) is 0 Å². The Morgan fingerprint density at radius 2 is 1.90 bits per heavy atom. The van der Waals surface area contributed by atoms with Crippen LogP contribution < -0.4 is 14.8 Å². The number of nitrogens with one attached hydrogen (secondary N) is 1. The van der Waals surface area contributed by atoms with E-state index in [-0.39, 0.29) is 5.88 Å². The molecule has 0 fully saturated rings. The van der Waals surface area contributed by atoms with Crippen molar-refractivity contribution in [3.8, 4) is 17.4 Å². The molecule has 0 saturated heterocycles.